The van der Waals surface area contributed by atoms with Gasteiger partial charge < -0.3 is 5.11 Å². The molecule has 0 bridgehead atoms. The lowest BCUT2D eigenvalue weighted by atomic mass is 9.91. The third-order valence-corrected chi connectivity index (χ3v) is 1.65. The Kier molecular flexibility index (Phi) is 3.22. The SMILES string of the molecule is CC(C)C(CO)C(C)(F)F. The molecule has 1 N–H and O–H groups in total. The van der Waals surface area contributed by atoms with E-state index in [0.717, 1.165) is 6.92 Å². The third-order valence-electron chi connectivity index (χ3n) is 1.65. The molecular formula is C7H14F2O. The van der Waals surface area contributed by atoms with Gasteiger partial charge in [-0.25, -0.2) is 8.78 Å². The number of halogens is 2. The Morgan fingerprint density at radius 2 is 1.80 bits per heavy atom. The Morgan fingerprint density at radius 3 is 1.80 bits per heavy atom. The van der Waals surface area contributed by atoms with E-state index in [1.807, 2.05) is 0 Å². The predicted molar refractivity (Wildman–Crippen MR) is 36.0 cm³/mol. The molecule has 62 valence electrons. The lowest BCUT2D eigenvalue weighted by molar-refractivity contribution is -0.0770. The van der Waals surface area contributed by atoms with E-state index >= 15 is 0 Å². The van der Waals surface area contributed by atoms with Crippen LogP contribution in [0.15, 0.2) is 0 Å². The molecule has 1 unspecified atom stereocenters. The molecule has 0 aromatic rings. The molecule has 0 rings (SSSR count). The van der Waals surface area contributed by atoms with Crippen LogP contribution in [0.3, 0.4) is 0 Å². The number of hydrogen-bond donors (Lipinski definition) is 1. The summed E-state index contributed by atoms with van der Waals surface area (Å²) in [6.07, 6.45) is 0. The minimum atomic E-state index is -2.76. The Bertz CT molecular complexity index is 96.3. The number of aliphatic hydroxyl groups excluding tert-OH is 1. The fourth-order valence-corrected chi connectivity index (χ4v) is 0.956. The average Bonchev–Trinajstić information content (AvgIpc) is 1.60. The summed E-state index contributed by atoms with van der Waals surface area (Å²) in [4.78, 5) is 0. The molecule has 0 spiro atoms. The fourth-order valence-electron chi connectivity index (χ4n) is 0.956. The second-order valence-electron chi connectivity index (χ2n) is 2.99. The zero-order chi connectivity index (χ0) is 8.36. The highest BCUT2D eigenvalue weighted by molar-refractivity contribution is 4.73. The van der Waals surface area contributed by atoms with Crippen molar-refractivity contribution in [1.82, 2.24) is 0 Å². The third kappa shape index (κ3) is 2.60. The molecule has 0 aliphatic carbocycles. The van der Waals surface area contributed by atoms with Crippen molar-refractivity contribution >= 4 is 0 Å². The van der Waals surface area contributed by atoms with Gasteiger partial charge in [-0.3, -0.25) is 0 Å². The molecule has 0 saturated heterocycles. The second kappa shape index (κ2) is 3.28. The molecule has 1 atom stereocenters. The first kappa shape index (κ1) is 9.82. The molecule has 0 saturated carbocycles. The van der Waals surface area contributed by atoms with E-state index in [1.54, 1.807) is 13.8 Å². The first-order chi connectivity index (χ1) is 4.39. The molecule has 10 heavy (non-hydrogen) atoms. The monoisotopic (exact) mass is 152 g/mol. The highest BCUT2D eigenvalue weighted by Crippen LogP contribution is 2.29. The summed E-state index contributed by atoms with van der Waals surface area (Å²) in [5, 5.41) is 8.55. The van der Waals surface area contributed by atoms with E-state index in [9.17, 15) is 8.78 Å². The maximum atomic E-state index is 12.5. The van der Waals surface area contributed by atoms with Crippen molar-refractivity contribution in [1.29, 1.82) is 0 Å². The lowest BCUT2D eigenvalue weighted by Gasteiger charge is -2.24. The molecule has 0 amide bonds. The molecule has 0 aliphatic rings. The van der Waals surface area contributed by atoms with Gasteiger partial charge in [-0.05, 0) is 12.8 Å². The molecule has 3 heteroatoms. The summed E-state index contributed by atoms with van der Waals surface area (Å²) in [6.45, 7) is 3.76. The van der Waals surface area contributed by atoms with Crippen molar-refractivity contribution in [2.24, 2.45) is 11.8 Å². The van der Waals surface area contributed by atoms with Crippen LogP contribution in [0.25, 0.3) is 0 Å². The van der Waals surface area contributed by atoms with E-state index < -0.39 is 18.4 Å². The van der Waals surface area contributed by atoms with Gasteiger partial charge in [0, 0.05) is 5.92 Å². The highest BCUT2D eigenvalue weighted by Gasteiger charge is 2.35. The van der Waals surface area contributed by atoms with Gasteiger partial charge in [0.1, 0.15) is 0 Å². The quantitative estimate of drug-likeness (QED) is 0.655. The minimum absolute atomic E-state index is 0.176. The van der Waals surface area contributed by atoms with Gasteiger partial charge in [0.05, 0.1) is 6.61 Å². The lowest BCUT2D eigenvalue weighted by Crippen LogP contribution is -2.31. The molecule has 0 aromatic heterocycles. The van der Waals surface area contributed by atoms with Gasteiger partial charge in [-0.15, -0.1) is 0 Å². The van der Waals surface area contributed by atoms with Crippen LogP contribution in [-0.2, 0) is 0 Å². The number of alkyl halides is 2. The molecule has 0 fully saturated rings. The number of aliphatic hydroxyl groups is 1. The number of rotatable bonds is 3. The minimum Gasteiger partial charge on any atom is -0.396 e. The van der Waals surface area contributed by atoms with Crippen molar-refractivity contribution in [3.05, 3.63) is 0 Å². The summed E-state index contributed by atoms with van der Waals surface area (Å²) in [7, 11) is 0. The second-order valence-corrected chi connectivity index (χ2v) is 2.99. The number of hydrogen-bond acceptors (Lipinski definition) is 1. The topological polar surface area (TPSA) is 20.2 Å². The average molecular weight is 152 g/mol. The first-order valence-electron chi connectivity index (χ1n) is 3.38. The first-order valence-corrected chi connectivity index (χ1v) is 3.38. The Balaban J connectivity index is 4.07. The van der Waals surface area contributed by atoms with Gasteiger partial charge in [-0.2, -0.15) is 0 Å². The molecule has 0 radical (unpaired) electrons. The van der Waals surface area contributed by atoms with Crippen molar-refractivity contribution in [3.8, 4) is 0 Å². The van der Waals surface area contributed by atoms with Crippen LogP contribution >= 0.6 is 0 Å². The standard InChI is InChI=1S/C7H14F2O/c1-5(2)6(4-10)7(3,8)9/h5-6,10H,4H2,1-3H3. The maximum absolute atomic E-state index is 12.5. The van der Waals surface area contributed by atoms with Crippen molar-refractivity contribution in [2.45, 2.75) is 26.7 Å². The van der Waals surface area contributed by atoms with E-state index in [1.165, 1.54) is 0 Å². The summed E-state index contributed by atoms with van der Waals surface area (Å²) in [6, 6.07) is 0. The predicted octanol–water partition coefficient (Wildman–Crippen LogP) is 1.91. The van der Waals surface area contributed by atoms with Crippen LogP contribution in [0, 0.1) is 11.8 Å². The van der Waals surface area contributed by atoms with Crippen molar-refractivity contribution < 1.29 is 13.9 Å². The summed E-state index contributed by atoms with van der Waals surface area (Å²) in [5.41, 5.74) is 0. The van der Waals surface area contributed by atoms with Gasteiger partial charge in [-0.1, -0.05) is 13.8 Å². The normalized spacial score (nSPS) is 15.9. The van der Waals surface area contributed by atoms with Gasteiger partial charge in [0.15, 0.2) is 0 Å². The van der Waals surface area contributed by atoms with E-state index in [0.29, 0.717) is 0 Å². The Labute approximate surface area is 60.1 Å². The van der Waals surface area contributed by atoms with E-state index in [4.69, 9.17) is 5.11 Å². The molecule has 0 aromatic carbocycles. The molecular weight excluding hydrogens is 138 g/mol. The molecule has 0 heterocycles. The smallest absolute Gasteiger partial charge is 0.250 e. The van der Waals surface area contributed by atoms with Crippen molar-refractivity contribution in [3.63, 3.8) is 0 Å². The van der Waals surface area contributed by atoms with Crippen molar-refractivity contribution in [2.75, 3.05) is 6.61 Å². The Hall–Kier alpha value is -0.180. The van der Waals surface area contributed by atoms with Crippen LogP contribution < -0.4 is 0 Å². The highest BCUT2D eigenvalue weighted by atomic mass is 19.3. The maximum Gasteiger partial charge on any atom is 0.250 e. The van der Waals surface area contributed by atoms with Gasteiger partial charge in [0.25, 0.3) is 5.92 Å². The zero-order valence-corrected chi connectivity index (χ0v) is 6.56. The molecule has 1 nitrogen and oxygen atoms in total. The van der Waals surface area contributed by atoms with E-state index in [2.05, 4.69) is 0 Å². The Morgan fingerprint density at radius 1 is 1.40 bits per heavy atom. The zero-order valence-electron chi connectivity index (χ0n) is 6.56. The summed E-state index contributed by atoms with van der Waals surface area (Å²) < 4.78 is 25.0. The van der Waals surface area contributed by atoms with Crippen LogP contribution in [0.1, 0.15) is 20.8 Å². The van der Waals surface area contributed by atoms with Crippen LogP contribution in [-0.4, -0.2) is 17.6 Å². The van der Waals surface area contributed by atoms with Crippen LogP contribution in [0.4, 0.5) is 8.78 Å². The van der Waals surface area contributed by atoms with Gasteiger partial charge in [0.2, 0.25) is 0 Å². The fraction of sp³-hybridized carbons (Fsp3) is 1.00. The van der Waals surface area contributed by atoms with Crippen LogP contribution in [0.5, 0.6) is 0 Å². The van der Waals surface area contributed by atoms with E-state index in [-0.39, 0.29) is 5.92 Å². The largest absolute Gasteiger partial charge is 0.396 e. The van der Waals surface area contributed by atoms with Crippen LogP contribution in [0.2, 0.25) is 0 Å². The van der Waals surface area contributed by atoms with Gasteiger partial charge >= 0.3 is 0 Å². The molecule has 0 aliphatic heterocycles. The summed E-state index contributed by atoms with van der Waals surface area (Å²) >= 11 is 0. The summed E-state index contributed by atoms with van der Waals surface area (Å²) in [5.74, 6) is -3.85.